The Labute approximate surface area is 198 Å². The Morgan fingerprint density at radius 2 is 1.88 bits per heavy atom. The van der Waals surface area contributed by atoms with Gasteiger partial charge in [0.1, 0.15) is 12.9 Å². The second kappa shape index (κ2) is 13.2. The van der Waals surface area contributed by atoms with Gasteiger partial charge in [-0.15, -0.1) is 0 Å². The van der Waals surface area contributed by atoms with Gasteiger partial charge in [0.15, 0.2) is 0 Å². The van der Waals surface area contributed by atoms with Gasteiger partial charge in [0.25, 0.3) is 0 Å². The molecule has 0 spiro atoms. The summed E-state index contributed by atoms with van der Waals surface area (Å²) in [6, 6.07) is 8.82. The van der Waals surface area contributed by atoms with Crippen LogP contribution >= 0.6 is 0 Å². The lowest BCUT2D eigenvalue weighted by Crippen LogP contribution is -2.66. The molecule has 0 bridgehead atoms. The Morgan fingerprint density at radius 1 is 1.12 bits per heavy atom. The van der Waals surface area contributed by atoms with Gasteiger partial charge in [-0.3, -0.25) is 26.1 Å². The van der Waals surface area contributed by atoms with E-state index in [1.807, 2.05) is 18.2 Å². The molecule has 2 unspecified atom stereocenters. The quantitative estimate of drug-likeness (QED) is 0.148. The van der Waals surface area contributed by atoms with Gasteiger partial charge >= 0.3 is 12.1 Å². The van der Waals surface area contributed by atoms with E-state index in [-0.39, 0.29) is 31.8 Å². The number of aliphatic carboxylic acids is 1. The first-order valence-electron chi connectivity index (χ1n) is 11.6. The highest BCUT2D eigenvalue weighted by Gasteiger charge is 2.42. The number of carboxylic acids is 1. The number of ether oxygens (including phenoxy) is 1. The molecule has 0 aliphatic carbocycles. The van der Waals surface area contributed by atoms with Crippen LogP contribution in [-0.4, -0.2) is 67.3 Å². The summed E-state index contributed by atoms with van der Waals surface area (Å²) >= 11 is 0. The van der Waals surface area contributed by atoms with Gasteiger partial charge in [0.2, 0.25) is 11.6 Å². The fourth-order valence-electron chi connectivity index (χ4n) is 3.81. The van der Waals surface area contributed by atoms with Gasteiger partial charge in [0.05, 0.1) is 6.61 Å². The molecule has 0 saturated carbocycles. The topological polar surface area (TPSA) is 162 Å². The van der Waals surface area contributed by atoms with Gasteiger partial charge in [-0.05, 0) is 31.4 Å². The number of nitrogens with one attached hydrogen (secondary N) is 6. The van der Waals surface area contributed by atoms with E-state index in [4.69, 9.17) is 9.57 Å². The van der Waals surface area contributed by atoms with E-state index in [1.165, 1.54) is 0 Å². The van der Waals surface area contributed by atoms with Crippen LogP contribution in [0.3, 0.4) is 0 Å². The predicted octanol–water partition coefficient (Wildman–Crippen LogP) is -0.270. The van der Waals surface area contributed by atoms with Crippen LogP contribution in [0.25, 0.3) is 0 Å². The Hall–Kier alpha value is -2.77. The van der Waals surface area contributed by atoms with Crippen LogP contribution in [0.1, 0.15) is 37.7 Å². The third-order valence-electron chi connectivity index (χ3n) is 5.65. The standard InChI is InChI=1S/C22H34N6O6/c29-18(14-17-8-13-34-28-17)26-22(19(30)31,9-4-5-10-23-20-24-11-12-25-20)27-21(32)33-15-16-6-2-1-3-7-16/h1-3,6-7,17,20,23-25,28H,4-5,8-15H2,(H,26,29)(H,27,32)(H,30,31). The SMILES string of the molecule is O=C(CC1CCON1)NC(CCCCNC1NCCN1)(NC(=O)OCc1ccccc1)C(=O)O. The summed E-state index contributed by atoms with van der Waals surface area (Å²) in [6.07, 6.45) is 0.837. The molecule has 0 radical (unpaired) electrons. The lowest BCUT2D eigenvalue weighted by molar-refractivity contribution is -0.149. The largest absolute Gasteiger partial charge is 0.478 e. The van der Waals surface area contributed by atoms with E-state index in [2.05, 4.69) is 32.1 Å². The lowest BCUT2D eigenvalue weighted by Gasteiger charge is -2.31. The van der Waals surface area contributed by atoms with Gasteiger partial charge in [-0.25, -0.2) is 9.59 Å². The van der Waals surface area contributed by atoms with Gasteiger partial charge in [-0.1, -0.05) is 30.3 Å². The molecule has 2 aliphatic rings. The van der Waals surface area contributed by atoms with Gasteiger partial charge in [-0.2, -0.15) is 5.48 Å². The number of carbonyl (C=O) groups is 3. The molecule has 12 heteroatoms. The van der Waals surface area contributed by atoms with Crippen molar-refractivity contribution in [2.75, 3.05) is 26.2 Å². The summed E-state index contributed by atoms with van der Waals surface area (Å²) in [5.74, 6) is -1.87. The summed E-state index contributed by atoms with van der Waals surface area (Å²) in [5.41, 5.74) is 1.50. The van der Waals surface area contributed by atoms with E-state index < -0.39 is 23.6 Å². The Bertz CT molecular complexity index is 800. The van der Waals surface area contributed by atoms with Crippen molar-refractivity contribution in [3.8, 4) is 0 Å². The Balaban J connectivity index is 1.58. The molecular weight excluding hydrogens is 444 g/mol. The van der Waals surface area contributed by atoms with Crippen LogP contribution < -0.4 is 32.1 Å². The molecule has 0 aromatic heterocycles. The molecule has 188 valence electrons. The van der Waals surface area contributed by atoms with Crippen LogP contribution in [0, 0.1) is 0 Å². The molecule has 2 heterocycles. The molecular formula is C22H34N6O6. The molecule has 1 aromatic carbocycles. The second-order valence-electron chi connectivity index (χ2n) is 8.35. The molecule has 2 saturated heterocycles. The zero-order valence-electron chi connectivity index (χ0n) is 19.1. The molecule has 1 aromatic rings. The van der Waals surface area contributed by atoms with Crippen LogP contribution in [0.15, 0.2) is 30.3 Å². The van der Waals surface area contributed by atoms with Crippen LogP contribution in [0.5, 0.6) is 0 Å². The van der Waals surface area contributed by atoms with Gasteiger partial charge < -0.3 is 20.0 Å². The maximum Gasteiger partial charge on any atom is 0.409 e. The summed E-state index contributed by atoms with van der Waals surface area (Å²) < 4.78 is 5.22. The third-order valence-corrected chi connectivity index (χ3v) is 5.65. The average Bonchev–Trinajstić information content (AvgIpc) is 3.52. The van der Waals surface area contributed by atoms with E-state index in [1.54, 1.807) is 12.1 Å². The molecule has 2 fully saturated rings. The number of amides is 2. The number of rotatable bonds is 13. The fraction of sp³-hybridized carbons (Fsp3) is 0.591. The molecule has 12 nitrogen and oxygen atoms in total. The minimum atomic E-state index is -1.99. The fourth-order valence-corrected chi connectivity index (χ4v) is 3.81. The summed E-state index contributed by atoms with van der Waals surface area (Å²) in [7, 11) is 0. The van der Waals surface area contributed by atoms with Crippen LogP contribution in [-0.2, 0) is 25.8 Å². The molecule has 34 heavy (non-hydrogen) atoms. The maximum atomic E-state index is 12.7. The van der Waals surface area contributed by atoms with Crippen LogP contribution in [0.4, 0.5) is 4.79 Å². The number of alkyl carbamates (subject to hydrolysis) is 1. The molecule has 2 amide bonds. The number of carbonyl (C=O) groups excluding carboxylic acids is 2. The second-order valence-corrected chi connectivity index (χ2v) is 8.35. The monoisotopic (exact) mass is 478 g/mol. The van der Waals surface area contributed by atoms with E-state index in [0.29, 0.717) is 32.4 Å². The van der Waals surface area contributed by atoms with Crippen molar-refractivity contribution in [1.29, 1.82) is 0 Å². The minimum Gasteiger partial charge on any atom is -0.478 e. The predicted molar refractivity (Wildman–Crippen MR) is 122 cm³/mol. The van der Waals surface area contributed by atoms with Crippen molar-refractivity contribution in [2.24, 2.45) is 0 Å². The van der Waals surface area contributed by atoms with Crippen LogP contribution in [0.2, 0.25) is 0 Å². The first kappa shape index (κ1) is 25.8. The summed E-state index contributed by atoms with van der Waals surface area (Å²) in [5, 5.41) is 24.7. The minimum absolute atomic E-state index is 0.00366. The van der Waals surface area contributed by atoms with Crippen molar-refractivity contribution in [2.45, 2.75) is 56.7 Å². The molecule has 2 atom stereocenters. The Kier molecular flexibility index (Phi) is 10.0. The van der Waals surface area contributed by atoms with Crippen molar-refractivity contribution in [3.05, 3.63) is 35.9 Å². The molecule has 3 rings (SSSR count). The van der Waals surface area contributed by atoms with E-state index >= 15 is 0 Å². The van der Waals surface area contributed by atoms with Crippen molar-refractivity contribution >= 4 is 18.0 Å². The van der Waals surface area contributed by atoms with Gasteiger partial charge in [0, 0.05) is 32.0 Å². The van der Waals surface area contributed by atoms with E-state index in [9.17, 15) is 19.5 Å². The highest BCUT2D eigenvalue weighted by atomic mass is 16.7. The van der Waals surface area contributed by atoms with Crippen molar-refractivity contribution < 1.29 is 29.1 Å². The summed E-state index contributed by atoms with van der Waals surface area (Å²) in [4.78, 5) is 42.5. The highest BCUT2D eigenvalue weighted by Crippen LogP contribution is 2.15. The van der Waals surface area contributed by atoms with E-state index in [0.717, 1.165) is 18.7 Å². The smallest absolute Gasteiger partial charge is 0.409 e. The number of hydrogen-bond donors (Lipinski definition) is 7. The zero-order chi connectivity index (χ0) is 24.2. The number of carboxylic acid groups (broad SMARTS) is 1. The number of hydrogen-bond acceptors (Lipinski definition) is 9. The number of hydroxylamine groups is 1. The molecule has 7 N–H and O–H groups in total. The Morgan fingerprint density at radius 3 is 2.56 bits per heavy atom. The normalized spacial score (nSPS) is 19.9. The number of benzene rings is 1. The zero-order valence-corrected chi connectivity index (χ0v) is 19.1. The molecule has 2 aliphatic heterocycles. The van der Waals surface area contributed by atoms with Crippen molar-refractivity contribution in [3.63, 3.8) is 0 Å². The highest BCUT2D eigenvalue weighted by molar-refractivity contribution is 5.89. The lowest BCUT2D eigenvalue weighted by atomic mass is 10.0. The third kappa shape index (κ3) is 8.22. The average molecular weight is 479 g/mol. The summed E-state index contributed by atoms with van der Waals surface area (Å²) in [6.45, 7) is 2.84. The van der Waals surface area contributed by atoms with Crippen molar-refractivity contribution in [1.82, 2.24) is 32.1 Å². The first-order valence-corrected chi connectivity index (χ1v) is 11.6. The first-order chi connectivity index (χ1) is 16.5. The number of unbranched alkanes of at least 4 members (excludes halogenated alkanes) is 1. The maximum absolute atomic E-state index is 12.7.